The van der Waals surface area contributed by atoms with Gasteiger partial charge in [0.25, 0.3) is 0 Å². The molecular weight excluding hydrogens is 260 g/mol. The number of hydrogen-bond donors (Lipinski definition) is 1. The Hall–Kier alpha value is -0.570. The minimum absolute atomic E-state index is 0.285. The van der Waals surface area contributed by atoms with Gasteiger partial charge in [0.1, 0.15) is 0 Å². The van der Waals surface area contributed by atoms with Crippen LogP contribution in [-0.4, -0.2) is 36.0 Å². The molecule has 3 aliphatic rings. The number of likely N-dealkylation sites (tertiary alicyclic amines) is 1. The van der Waals surface area contributed by atoms with E-state index in [0.717, 1.165) is 31.8 Å². The molecule has 2 heterocycles. The largest absolute Gasteiger partial charge is 0.339 e. The third kappa shape index (κ3) is 3.80. The van der Waals surface area contributed by atoms with Crippen molar-refractivity contribution in [3.63, 3.8) is 0 Å². The Morgan fingerprint density at radius 3 is 2.67 bits per heavy atom. The molecule has 21 heavy (non-hydrogen) atoms. The number of piperidine rings is 1. The smallest absolute Gasteiger partial charge is 0.226 e. The van der Waals surface area contributed by atoms with Crippen LogP contribution in [-0.2, 0) is 4.79 Å². The van der Waals surface area contributed by atoms with Crippen LogP contribution >= 0.6 is 0 Å². The molecule has 120 valence electrons. The highest BCUT2D eigenvalue weighted by Crippen LogP contribution is 2.33. The van der Waals surface area contributed by atoms with Gasteiger partial charge in [-0.05, 0) is 51.5 Å². The molecule has 3 atom stereocenters. The van der Waals surface area contributed by atoms with Crippen LogP contribution in [0, 0.1) is 11.8 Å². The van der Waals surface area contributed by atoms with Crippen molar-refractivity contribution in [3.8, 4) is 0 Å². The summed E-state index contributed by atoms with van der Waals surface area (Å²) in [6.07, 6.45) is 12.9. The fourth-order valence-corrected chi connectivity index (χ4v) is 4.77. The summed E-state index contributed by atoms with van der Waals surface area (Å²) in [4.78, 5) is 15.2. The fourth-order valence-electron chi connectivity index (χ4n) is 4.77. The third-order valence-corrected chi connectivity index (χ3v) is 5.96. The van der Waals surface area contributed by atoms with Gasteiger partial charge >= 0.3 is 0 Å². The Balaban J connectivity index is 1.56. The van der Waals surface area contributed by atoms with Crippen molar-refractivity contribution in [2.24, 2.45) is 11.8 Å². The predicted molar refractivity (Wildman–Crippen MR) is 86.1 cm³/mol. The Kier molecular flexibility index (Phi) is 5.20. The van der Waals surface area contributed by atoms with Gasteiger partial charge in [-0.25, -0.2) is 0 Å². The number of carbonyl (C=O) groups excluding carboxylic acids is 1. The molecular formula is C18H32N2O. The Bertz CT molecular complexity index is 351. The van der Waals surface area contributed by atoms with Crippen LogP contribution in [0.3, 0.4) is 0 Å². The van der Waals surface area contributed by atoms with Gasteiger partial charge in [0.2, 0.25) is 5.91 Å². The summed E-state index contributed by atoms with van der Waals surface area (Å²) < 4.78 is 0. The molecule has 2 saturated heterocycles. The van der Waals surface area contributed by atoms with Crippen molar-refractivity contribution in [2.45, 2.75) is 83.2 Å². The summed E-state index contributed by atoms with van der Waals surface area (Å²) in [7, 11) is 0. The zero-order valence-corrected chi connectivity index (χ0v) is 13.7. The van der Waals surface area contributed by atoms with Crippen LogP contribution in [0.2, 0.25) is 0 Å². The molecule has 3 heteroatoms. The second kappa shape index (κ2) is 7.13. The Morgan fingerprint density at radius 2 is 1.90 bits per heavy atom. The van der Waals surface area contributed by atoms with Crippen LogP contribution in [0.5, 0.6) is 0 Å². The first kappa shape index (κ1) is 15.3. The SMILES string of the molecule is C[C@H]1C[C@@H](C(=O)N2CCCC2CC2CCCCC2)CCN1. The van der Waals surface area contributed by atoms with Crippen LogP contribution in [0.4, 0.5) is 0 Å². The van der Waals surface area contributed by atoms with E-state index in [1.54, 1.807) is 0 Å². The van der Waals surface area contributed by atoms with Crippen molar-refractivity contribution < 1.29 is 4.79 Å². The maximum atomic E-state index is 12.9. The van der Waals surface area contributed by atoms with Crippen molar-refractivity contribution in [1.29, 1.82) is 0 Å². The molecule has 0 bridgehead atoms. The Labute approximate surface area is 129 Å². The number of rotatable bonds is 3. The van der Waals surface area contributed by atoms with Gasteiger partial charge in [-0.15, -0.1) is 0 Å². The molecule has 0 aromatic heterocycles. The first-order chi connectivity index (χ1) is 10.2. The molecule has 1 unspecified atom stereocenters. The predicted octanol–water partition coefficient (Wildman–Crippen LogP) is 3.34. The van der Waals surface area contributed by atoms with Crippen molar-refractivity contribution in [2.75, 3.05) is 13.1 Å². The lowest BCUT2D eigenvalue weighted by Crippen LogP contribution is -2.46. The molecule has 2 aliphatic heterocycles. The molecule has 1 saturated carbocycles. The normalized spacial score (nSPS) is 35.1. The first-order valence-electron chi connectivity index (χ1n) is 9.28. The molecule has 3 rings (SSSR count). The van der Waals surface area contributed by atoms with E-state index in [2.05, 4.69) is 17.1 Å². The molecule has 0 radical (unpaired) electrons. The average molecular weight is 292 g/mol. The first-order valence-corrected chi connectivity index (χ1v) is 9.28. The number of amides is 1. The minimum Gasteiger partial charge on any atom is -0.339 e. The van der Waals surface area contributed by atoms with Gasteiger partial charge in [-0.3, -0.25) is 4.79 Å². The molecule has 3 fully saturated rings. The zero-order valence-electron chi connectivity index (χ0n) is 13.7. The van der Waals surface area contributed by atoms with Gasteiger partial charge < -0.3 is 10.2 Å². The van der Waals surface area contributed by atoms with Gasteiger partial charge in [0.05, 0.1) is 0 Å². The van der Waals surface area contributed by atoms with Gasteiger partial charge in [-0.2, -0.15) is 0 Å². The lowest BCUT2D eigenvalue weighted by atomic mass is 9.84. The number of nitrogens with one attached hydrogen (secondary N) is 1. The maximum Gasteiger partial charge on any atom is 0.226 e. The van der Waals surface area contributed by atoms with E-state index in [9.17, 15) is 4.79 Å². The van der Waals surface area contributed by atoms with E-state index in [-0.39, 0.29) is 5.92 Å². The summed E-state index contributed by atoms with van der Waals surface area (Å²) in [6.45, 7) is 4.25. The minimum atomic E-state index is 0.285. The van der Waals surface area contributed by atoms with Gasteiger partial charge in [-0.1, -0.05) is 32.1 Å². The van der Waals surface area contributed by atoms with Crippen molar-refractivity contribution in [1.82, 2.24) is 10.2 Å². The lowest BCUT2D eigenvalue weighted by Gasteiger charge is -2.35. The maximum absolute atomic E-state index is 12.9. The van der Waals surface area contributed by atoms with Crippen LogP contribution in [0.25, 0.3) is 0 Å². The number of nitrogens with zero attached hydrogens (tertiary/aromatic N) is 1. The van der Waals surface area contributed by atoms with Crippen molar-refractivity contribution in [3.05, 3.63) is 0 Å². The lowest BCUT2D eigenvalue weighted by molar-refractivity contribution is -0.137. The topological polar surface area (TPSA) is 32.3 Å². The molecule has 1 amide bonds. The highest BCUT2D eigenvalue weighted by Gasteiger charge is 2.35. The standard InChI is InChI=1S/C18H32N2O/c1-14-12-16(9-10-19-14)18(21)20-11-5-8-17(20)13-15-6-3-2-4-7-15/h14-17,19H,2-13H2,1H3/t14-,16-,17?/m0/s1. The summed E-state index contributed by atoms with van der Waals surface area (Å²) in [5, 5.41) is 3.46. The number of hydrogen-bond acceptors (Lipinski definition) is 2. The molecule has 0 aromatic rings. The highest BCUT2D eigenvalue weighted by molar-refractivity contribution is 5.79. The molecule has 1 aliphatic carbocycles. The van der Waals surface area contributed by atoms with E-state index < -0.39 is 0 Å². The summed E-state index contributed by atoms with van der Waals surface area (Å²) >= 11 is 0. The second-order valence-electron chi connectivity index (χ2n) is 7.64. The zero-order chi connectivity index (χ0) is 14.7. The van der Waals surface area contributed by atoms with Crippen LogP contribution in [0.15, 0.2) is 0 Å². The highest BCUT2D eigenvalue weighted by atomic mass is 16.2. The summed E-state index contributed by atoms with van der Waals surface area (Å²) in [6, 6.07) is 1.07. The molecule has 1 N–H and O–H groups in total. The van der Waals surface area contributed by atoms with Gasteiger partial charge in [0.15, 0.2) is 0 Å². The van der Waals surface area contributed by atoms with E-state index in [1.165, 1.54) is 51.4 Å². The number of carbonyl (C=O) groups is 1. The molecule has 0 spiro atoms. The van der Waals surface area contributed by atoms with E-state index in [4.69, 9.17) is 0 Å². The summed E-state index contributed by atoms with van der Waals surface area (Å²) in [5.41, 5.74) is 0. The Morgan fingerprint density at radius 1 is 1.10 bits per heavy atom. The van der Waals surface area contributed by atoms with E-state index >= 15 is 0 Å². The van der Waals surface area contributed by atoms with Crippen molar-refractivity contribution >= 4 is 5.91 Å². The quantitative estimate of drug-likeness (QED) is 0.865. The van der Waals surface area contributed by atoms with Gasteiger partial charge in [0, 0.05) is 24.5 Å². The van der Waals surface area contributed by atoms with E-state index in [1.807, 2.05) is 0 Å². The fraction of sp³-hybridized carbons (Fsp3) is 0.944. The second-order valence-corrected chi connectivity index (χ2v) is 7.64. The monoisotopic (exact) mass is 292 g/mol. The summed E-state index contributed by atoms with van der Waals surface area (Å²) in [5.74, 6) is 1.65. The molecule has 3 nitrogen and oxygen atoms in total. The molecule has 0 aromatic carbocycles. The average Bonchev–Trinajstić information content (AvgIpc) is 2.95. The van der Waals surface area contributed by atoms with E-state index in [0.29, 0.717) is 18.0 Å². The third-order valence-electron chi connectivity index (χ3n) is 5.96. The van der Waals surface area contributed by atoms with Crippen LogP contribution in [0.1, 0.15) is 71.1 Å². The van der Waals surface area contributed by atoms with Crippen LogP contribution < -0.4 is 5.32 Å².